The molecule has 15 heavy (non-hydrogen) atoms. The van der Waals surface area contributed by atoms with Crippen molar-refractivity contribution in [3.8, 4) is 5.75 Å². The molecule has 0 aliphatic rings. The Balaban J connectivity index is 3.34. The predicted octanol–water partition coefficient (Wildman–Crippen LogP) is 3.75. The molecular formula is C12H19FOS. The van der Waals surface area contributed by atoms with E-state index in [0.717, 1.165) is 17.3 Å². The zero-order chi connectivity index (χ0) is 11.5. The lowest BCUT2D eigenvalue weighted by Crippen LogP contribution is -2.11. The van der Waals surface area contributed by atoms with Gasteiger partial charge in [0.25, 0.3) is 0 Å². The van der Waals surface area contributed by atoms with Crippen molar-refractivity contribution in [3.05, 3.63) is 24.0 Å². The third kappa shape index (κ3) is 2.12. The summed E-state index contributed by atoms with van der Waals surface area (Å²) >= 11 is 0. The molecular weight excluding hydrogens is 211 g/mol. The molecule has 0 aromatic heterocycles. The summed E-state index contributed by atoms with van der Waals surface area (Å²) in [6, 6.07) is 4.58. The Hall–Kier alpha value is -0.700. The number of aromatic hydroxyl groups is 1. The number of rotatable bonds is 4. The van der Waals surface area contributed by atoms with Gasteiger partial charge in [-0.1, -0.05) is 26.8 Å². The van der Waals surface area contributed by atoms with Gasteiger partial charge in [-0.3, -0.25) is 0 Å². The Bertz CT molecular complexity index is 306. The monoisotopic (exact) mass is 230 g/mol. The van der Waals surface area contributed by atoms with Crippen LogP contribution in [-0.4, -0.2) is 22.4 Å². The van der Waals surface area contributed by atoms with Gasteiger partial charge in [0.15, 0.2) is 0 Å². The fourth-order valence-corrected chi connectivity index (χ4v) is 5.06. The summed E-state index contributed by atoms with van der Waals surface area (Å²) in [6.45, 7) is 6.23. The molecule has 1 rings (SSSR count). The van der Waals surface area contributed by atoms with Crippen LogP contribution in [0.4, 0.5) is 4.39 Å². The third-order valence-electron chi connectivity index (χ3n) is 3.04. The smallest absolute Gasteiger partial charge is 0.139 e. The average Bonchev–Trinajstić information content (AvgIpc) is 2.24. The van der Waals surface area contributed by atoms with Crippen LogP contribution in [0.1, 0.15) is 20.8 Å². The van der Waals surface area contributed by atoms with Crippen molar-refractivity contribution >= 4 is 10.0 Å². The van der Waals surface area contributed by atoms with Crippen LogP contribution in [0, 0.1) is 5.82 Å². The van der Waals surface area contributed by atoms with Crippen LogP contribution in [0.25, 0.3) is 0 Å². The van der Waals surface area contributed by atoms with Crippen LogP contribution in [0.2, 0.25) is 0 Å². The van der Waals surface area contributed by atoms with Gasteiger partial charge < -0.3 is 5.11 Å². The van der Waals surface area contributed by atoms with Gasteiger partial charge in [-0.05, 0) is 29.4 Å². The molecule has 0 aliphatic heterocycles. The quantitative estimate of drug-likeness (QED) is 0.835. The molecule has 1 aromatic carbocycles. The molecule has 1 nitrogen and oxygen atoms in total. The highest BCUT2D eigenvalue weighted by Gasteiger charge is 2.26. The molecule has 0 radical (unpaired) electrons. The van der Waals surface area contributed by atoms with Gasteiger partial charge in [0.1, 0.15) is 11.6 Å². The van der Waals surface area contributed by atoms with Crippen LogP contribution in [0.3, 0.4) is 0 Å². The Morgan fingerprint density at radius 2 is 1.67 bits per heavy atom. The second-order valence-electron chi connectivity index (χ2n) is 3.50. The second-order valence-corrected chi connectivity index (χ2v) is 7.73. The van der Waals surface area contributed by atoms with E-state index in [4.69, 9.17) is 0 Å². The topological polar surface area (TPSA) is 20.2 Å². The van der Waals surface area contributed by atoms with E-state index in [9.17, 15) is 9.50 Å². The SMILES string of the molecule is CCS(CC)(CC)c1c(O)cccc1F. The molecule has 0 unspecified atom stereocenters. The van der Waals surface area contributed by atoms with Crippen LogP contribution in [0.5, 0.6) is 5.75 Å². The highest BCUT2D eigenvalue weighted by Crippen LogP contribution is 2.58. The Kier molecular flexibility index (Phi) is 4.03. The van der Waals surface area contributed by atoms with Crippen molar-refractivity contribution in [1.82, 2.24) is 0 Å². The summed E-state index contributed by atoms with van der Waals surface area (Å²) in [5.74, 6) is 2.64. The van der Waals surface area contributed by atoms with Crippen molar-refractivity contribution < 1.29 is 9.50 Å². The Labute approximate surface area is 92.6 Å². The minimum Gasteiger partial charge on any atom is -0.507 e. The zero-order valence-corrected chi connectivity index (χ0v) is 10.4. The Morgan fingerprint density at radius 3 is 2.07 bits per heavy atom. The highest BCUT2D eigenvalue weighted by molar-refractivity contribution is 8.33. The lowest BCUT2D eigenvalue weighted by atomic mass is 10.3. The molecule has 0 heterocycles. The van der Waals surface area contributed by atoms with Gasteiger partial charge in [0.2, 0.25) is 0 Å². The summed E-state index contributed by atoms with van der Waals surface area (Å²) in [7, 11) is -1.18. The van der Waals surface area contributed by atoms with E-state index in [0.29, 0.717) is 4.90 Å². The largest absolute Gasteiger partial charge is 0.507 e. The summed E-state index contributed by atoms with van der Waals surface area (Å²) < 4.78 is 13.8. The second kappa shape index (κ2) is 4.88. The first-order chi connectivity index (χ1) is 7.11. The molecule has 0 saturated heterocycles. The predicted molar refractivity (Wildman–Crippen MR) is 65.5 cm³/mol. The fraction of sp³-hybridized carbons (Fsp3) is 0.500. The summed E-state index contributed by atoms with van der Waals surface area (Å²) in [6.07, 6.45) is 0. The molecule has 0 bridgehead atoms. The molecule has 0 fully saturated rings. The maximum absolute atomic E-state index is 13.8. The van der Waals surface area contributed by atoms with Crippen LogP contribution < -0.4 is 0 Å². The van der Waals surface area contributed by atoms with Crippen LogP contribution >= 0.6 is 10.0 Å². The van der Waals surface area contributed by atoms with Gasteiger partial charge in [-0.25, -0.2) is 14.4 Å². The first-order valence-electron chi connectivity index (χ1n) is 5.35. The normalized spacial score (nSPS) is 12.8. The van der Waals surface area contributed by atoms with E-state index in [1.807, 2.05) is 0 Å². The van der Waals surface area contributed by atoms with Crippen molar-refractivity contribution in [3.63, 3.8) is 0 Å². The van der Waals surface area contributed by atoms with Crippen LogP contribution in [0.15, 0.2) is 23.1 Å². The van der Waals surface area contributed by atoms with Gasteiger partial charge in [0.05, 0.1) is 4.90 Å². The average molecular weight is 230 g/mol. The summed E-state index contributed by atoms with van der Waals surface area (Å²) in [5.41, 5.74) is 0. The first-order valence-corrected chi connectivity index (χ1v) is 7.49. The third-order valence-corrected chi connectivity index (χ3v) is 7.62. The fourth-order valence-electron chi connectivity index (χ4n) is 1.97. The number of hydrogen-bond donors (Lipinski definition) is 1. The standard InChI is InChI=1S/C12H19FOS/c1-4-15(5-2,6-3)12-10(13)8-7-9-11(12)14/h7-9,14H,4-6H2,1-3H3. The Morgan fingerprint density at radius 1 is 1.13 bits per heavy atom. The molecule has 1 N–H and O–H groups in total. The van der Waals surface area contributed by atoms with E-state index in [-0.39, 0.29) is 11.6 Å². The number of hydrogen-bond acceptors (Lipinski definition) is 1. The van der Waals surface area contributed by atoms with E-state index >= 15 is 0 Å². The van der Waals surface area contributed by atoms with Gasteiger partial charge in [-0.2, -0.15) is 0 Å². The van der Waals surface area contributed by atoms with E-state index in [2.05, 4.69) is 20.8 Å². The molecule has 86 valence electrons. The van der Waals surface area contributed by atoms with Crippen molar-refractivity contribution in [1.29, 1.82) is 0 Å². The lowest BCUT2D eigenvalue weighted by molar-refractivity contribution is 0.449. The number of phenols is 1. The lowest BCUT2D eigenvalue weighted by Gasteiger charge is -2.38. The number of halogens is 1. The zero-order valence-electron chi connectivity index (χ0n) is 9.59. The van der Waals surface area contributed by atoms with Crippen molar-refractivity contribution in [2.75, 3.05) is 17.3 Å². The highest BCUT2D eigenvalue weighted by atomic mass is 32.3. The minimum atomic E-state index is -1.18. The molecule has 1 aromatic rings. The number of benzene rings is 1. The molecule has 0 aliphatic carbocycles. The molecule has 0 atom stereocenters. The molecule has 0 spiro atoms. The first kappa shape index (κ1) is 12.4. The van der Waals surface area contributed by atoms with Gasteiger partial charge >= 0.3 is 0 Å². The molecule has 0 saturated carbocycles. The maximum atomic E-state index is 13.8. The summed E-state index contributed by atoms with van der Waals surface area (Å²) in [4.78, 5) is 0.567. The van der Waals surface area contributed by atoms with E-state index < -0.39 is 10.0 Å². The molecule has 0 amide bonds. The molecule has 3 heteroatoms. The van der Waals surface area contributed by atoms with Gasteiger partial charge in [-0.15, -0.1) is 0 Å². The minimum absolute atomic E-state index is 0.121. The summed E-state index contributed by atoms with van der Waals surface area (Å²) in [5, 5.41) is 9.80. The van der Waals surface area contributed by atoms with E-state index in [1.54, 1.807) is 12.1 Å². The van der Waals surface area contributed by atoms with E-state index in [1.165, 1.54) is 6.07 Å². The number of phenolic OH excluding ortho intramolecular Hbond substituents is 1. The van der Waals surface area contributed by atoms with Gasteiger partial charge in [0, 0.05) is 0 Å². The maximum Gasteiger partial charge on any atom is 0.139 e. The van der Waals surface area contributed by atoms with Crippen LogP contribution in [-0.2, 0) is 0 Å². The van der Waals surface area contributed by atoms with Crippen molar-refractivity contribution in [2.45, 2.75) is 25.7 Å². The van der Waals surface area contributed by atoms with Crippen molar-refractivity contribution in [2.24, 2.45) is 0 Å².